The first-order valence-corrected chi connectivity index (χ1v) is 8.93. The number of piperazine rings is 1. The fraction of sp³-hybridized carbons (Fsp3) is 0.647. The van der Waals surface area contributed by atoms with Gasteiger partial charge in [0.05, 0.1) is 0 Å². The van der Waals surface area contributed by atoms with Gasteiger partial charge in [0, 0.05) is 48.4 Å². The van der Waals surface area contributed by atoms with Gasteiger partial charge < -0.3 is 10.2 Å². The summed E-state index contributed by atoms with van der Waals surface area (Å²) in [6.45, 7) is 6.71. The number of rotatable bonds is 5. The summed E-state index contributed by atoms with van der Waals surface area (Å²) in [6.07, 6.45) is 3.91. The summed E-state index contributed by atoms with van der Waals surface area (Å²) in [5, 5.41) is 3.66. The van der Waals surface area contributed by atoms with Crippen LogP contribution >= 0.6 is 15.9 Å². The van der Waals surface area contributed by atoms with E-state index in [0.29, 0.717) is 6.04 Å². The lowest BCUT2D eigenvalue weighted by Gasteiger charge is -2.41. The highest BCUT2D eigenvalue weighted by atomic mass is 79.9. The molecule has 3 nitrogen and oxygen atoms in total. The van der Waals surface area contributed by atoms with E-state index in [0.717, 1.165) is 32.2 Å². The number of hydrogen-bond donors (Lipinski definition) is 1. The third-order valence-electron chi connectivity index (χ3n) is 4.79. The van der Waals surface area contributed by atoms with Crippen molar-refractivity contribution in [3.63, 3.8) is 0 Å². The number of benzene rings is 1. The Hall–Kier alpha value is -0.580. The zero-order chi connectivity index (χ0) is 14.8. The van der Waals surface area contributed by atoms with Crippen molar-refractivity contribution in [2.45, 2.75) is 44.8 Å². The molecule has 1 atom stereocenters. The van der Waals surface area contributed by atoms with Crippen LogP contribution in [0.3, 0.4) is 0 Å². The Labute approximate surface area is 136 Å². The fourth-order valence-electron chi connectivity index (χ4n) is 3.15. The molecule has 21 heavy (non-hydrogen) atoms. The van der Waals surface area contributed by atoms with Crippen LogP contribution in [0.1, 0.15) is 31.7 Å². The van der Waals surface area contributed by atoms with Gasteiger partial charge in [-0.05, 0) is 50.1 Å². The summed E-state index contributed by atoms with van der Waals surface area (Å²) in [7, 11) is 2.25. The Bertz CT molecular complexity index is 487. The monoisotopic (exact) mass is 351 g/mol. The van der Waals surface area contributed by atoms with Gasteiger partial charge in [0.2, 0.25) is 0 Å². The van der Waals surface area contributed by atoms with Crippen molar-refractivity contribution in [2.75, 3.05) is 31.6 Å². The van der Waals surface area contributed by atoms with E-state index in [9.17, 15) is 0 Å². The molecule has 1 N–H and O–H groups in total. The second-order valence-corrected chi connectivity index (χ2v) is 7.33. The molecule has 1 saturated carbocycles. The van der Waals surface area contributed by atoms with E-state index in [4.69, 9.17) is 0 Å². The van der Waals surface area contributed by atoms with Crippen LogP contribution in [0.2, 0.25) is 0 Å². The van der Waals surface area contributed by atoms with Crippen molar-refractivity contribution in [2.24, 2.45) is 0 Å². The van der Waals surface area contributed by atoms with E-state index in [-0.39, 0.29) is 0 Å². The molecule has 1 aromatic carbocycles. The summed E-state index contributed by atoms with van der Waals surface area (Å²) in [5.74, 6) is 0. The molecular weight excluding hydrogens is 326 g/mol. The van der Waals surface area contributed by atoms with Gasteiger partial charge in [0.15, 0.2) is 0 Å². The number of halogens is 1. The van der Waals surface area contributed by atoms with E-state index >= 15 is 0 Å². The SMILES string of the molecule is CCC1CN(c2ccc(Br)cc2CNC2CC2)CCN1C. The first kappa shape index (κ1) is 15.3. The number of likely N-dealkylation sites (N-methyl/N-ethyl adjacent to an activating group) is 1. The van der Waals surface area contributed by atoms with E-state index in [1.54, 1.807) is 0 Å². The predicted molar refractivity (Wildman–Crippen MR) is 92.9 cm³/mol. The second-order valence-electron chi connectivity index (χ2n) is 6.42. The van der Waals surface area contributed by atoms with Crippen molar-refractivity contribution in [3.05, 3.63) is 28.2 Å². The highest BCUT2D eigenvalue weighted by molar-refractivity contribution is 9.10. The van der Waals surface area contributed by atoms with Crippen molar-refractivity contribution >= 4 is 21.6 Å². The van der Waals surface area contributed by atoms with Gasteiger partial charge in [-0.25, -0.2) is 0 Å². The van der Waals surface area contributed by atoms with Crippen LogP contribution in [0.5, 0.6) is 0 Å². The lowest BCUT2D eigenvalue weighted by Crippen LogP contribution is -2.51. The summed E-state index contributed by atoms with van der Waals surface area (Å²) in [5.41, 5.74) is 2.84. The zero-order valence-electron chi connectivity index (χ0n) is 13.1. The van der Waals surface area contributed by atoms with E-state index in [2.05, 4.69) is 63.2 Å². The normalized spacial score (nSPS) is 23.6. The minimum Gasteiger partial charge on any atom is -0.368 e. The molecule has 2 fully saturated rings. The highest BCUT2D eigenvalue weighted by Crippen LogP contribution is 2.28. The lowest BCUT2D eigenvalue weighted by atomic mass is 10.1. The van der Waals surface area contributed by atoms with Crippen LogP contribution < -0.4 is 10.2 Å². The standard InChI is InChI=1S/C17H26BrN3/c1-3-16-12-21(9-8-20(16)2)17-7-4-14(18)10-13(17)11-19-15-5-6-15/h4,7,10,15-16,19H,3,5-6,8-9,11-12H2,1-2H3. The third-order valence-corrected chi connectivity index (χ3v) is 5.28. The highest BCUT2D eigenvalue weighted by Gasteiger charge is 2.25. The molecule has 0 spiro atoms. The summed E-state index contributed by atoms with van der Waals surface area (Å²) in [6, 6.07) is 8.17. The van der Waals surface area contributed by atoms with Gasteiger partial charge in [-0.3, -0.25) is 4.90 Å². The Kier molecular flexibility index (Phi) is 4.87. The topological polar surface area (TPSA) is 18.5 Å². The quantitative estimate of drug-likeness (QED) is 0.878. The summed E-state index contributed by atoms with van der Waals surface area (Å²) < 4.78 is 1.18. The van der Waals surface area contributed by atoms with Gasteiger partial charge in [-0.2, -0.15) is 0 Å². The van der Waals surface area contributed by atoms with E-state index < -0.39 is 0 Å². The average Bonchev–Trinajstić information content (AvgIpc) is 3.30. The molecule has 1 unspecified atom stereocenters. The molecule has 0 bridgehead atoms. The number of anilines is 1. The summed E-state index contributed by atoms with van der Waals surface area (Å²) >= 11 is 3.62. The van der Waals surface area contributed by atoms with Crippen LogP contribution in [0.4, 0.5) is 5.69 Å². The predicted octanol–water partition coefficient (Wildman–Crippen LogP) is 3.23. The largest absolute Gasteiger partial charge is 0.368 e. The van der Waals surface area contributed by atoms with E-state index in [1.807, 2.05) is 0 Å². The Morgan fingerprint density at radius 2 is 2.10 bits per heavy atom. The van der Waals surface area contributed by atoms with Crippen LogP contribution in [0.25, 0.3) is 0 Å². The molecule has 4 heteroatoms. The second kappa shape index (κ2) is 6.67. The van der Waals surface area contributed by atoms with Crippen molar-refractivity contribution in [3.8, 4) is 0 Å². The smallest absolute Gasteiger partial charge is 0.0413 e. The van der Waals surface area contributed by atoms with Gasteiger partial charge in [-0.15, -0.1) is 0 Å². The molecule has 1 heterocycles. The maximum atomic E-state index is 3.66. The molecule has 0 amide bonds. The van der Waals surface area contributed by atoms with Crippen LogP contribution in [-0.2, 0) is 6.54 Å². The molecule has 2 aliphatic rings. The Morgan fingerprint density at radius 1 is 1.29 bits per heavy atom. The molecule has 0 aromatic heterocycles. The van der Waals surface area contributed by atoms with Gasteiger partial charge in [0.25, 0.3) is 0 Å². The maximum Gasteiger partial charge on any atom is 0.0413 e. The zero-order valence-corrected chi connectivity index (χ0v) is 14.7. The van der Waals surface area contributed by atoms with Crippen LogP contribution in [-0.4, -0.2) is 43.7 Å². The van der Waals surface area contributed by atoms with Crippen molar-refractivity contribution in [1.29, 1.82) is 0 Å². The van der Waals surface area contributed by atoms with Gasteiger partial charge in [-0.1, -0.05) is 22.9 Å². The first-order valence-electron chi connectivity index (χ1n) is 8.14. The molecule has 3 rings (SSSR count). The Morgan fingerprint density at radius 3 is 2.81 bits per heavy atom. The average molecular weight is 352 g/mol. The van der Waals surface area contributed by atoms with Crippen molar-refractivity contribution in [1.82, 2.24) is 10.2 Å². The Balaban J connectivity index is 1.76. The van der Waals surface area contributed by atoms with Crippen LogP contribution in [0, 0.1) is 0 Å². The van der Waals surface area contributed by atoms with Gasteiger partial charge in [0.1, 0.15) is 0 Å². The molecular formula is C17H26BrN3. The van der Waals surface area contributed by atoms with E-state index in [1.165, 1.54) is 35.0 Å². The minimum atomic E-state index is 0.673. The summed E-state index contributed by atoms with van der Waals surface area (Å²) in [4.78, 5) is 5.07. The van der Waals surface area contributed by atoms with Gasteiger partial charge >= 0.3 is 0 Å². The fourth-order valence-corrected chi connectivity index (χ4v) is 3.56. The third kappa shape index (κ3) is 3.79. The lowest BCUT2D eigenvalue weighted by molar-refractivity contribution is 0.213. The molecule has 1 saturated heterocycles. The van der Waals surface area contributed by atoms with Crippen LogP contribution in [0.15, 0.2) is 22.7 Å². The number of nitrogens with one attached hydrogen (secondary N) is 1. The molecule has 116 valence electrons. The first-order chi connectivity index (χ1) is 10.2. The molecule has 1 aliphatic heterocycles. The molecule has 0 radical (unpaired) electrons. The number of hydrogen-bond acceptors (Lipinski definition) is 3. The number of nitrogens with zero attached hydrogens (tertiary/aromatic N) is 2. The molecule has 1 aromatic rings. The maximum absolute atomic E-state index is 3.66. The van der Waals surface area contributed by atoms with Crippen molar-refractivity contribution < 1.29 is 0 Å². The minimum absolute atomic E-state index is 0.673. The molecule has 1 aliphatic carbocycles.